The molecule has 1 aliphatic carbocycles. The number of nitrogens with zero attached hydrogens (tertiary/aromatic N) is 1. The average molecular weight is 424 g/mol. The molecule has 164 valence electrons. The van der Waals surface area contributed by atoms with Crippen LogP contribution in [0.4, 0.5) is 5.69 Å². The molecule has 0 aliphatic heterocycles. The lowest BCUT2D eigenvalue weighted by atomic mass is 10.2. The van der Waals surface area contributed by atoms with Gasteiger partial charge in [0.15, 0.2) is 23.0 Å². The Kier molecular flexibility index (Phi) is 7.99. The molecule has 7 nitrogen and oxygen atoms in total. The summed E-state index contributed by atoms with van der Waals surface area (Å²) in [6.07, 6.45) is 5.50. The van der Waals surface area contributed by atoms with Gasteiger partial charge in [-0.3, -0.25) is 4.79 Å². The predicted octanol–water partition coefficient (Wildman–Crippen LogP) is 4.69. The first-order valence-corrected chi connectivity index (χ1v) is 10.5. The van der Waals surface area contributed by atoms with Gasteiger partial charge < -0.3 is 24.3 Å². The fraction of sp³-hybridized carbons (Fsp3) is 0.417. The van der Waals surface area contributed by atoms with E-state index in [1.54, 1.807) is 37.4 Å². The molecule has 0 bridgehead atoms. The van der Waals surface area contributed by atoms with Crippen LogP contribution in [0.15, 0.2) is 36.4 Å². The number of hydrogen-bond donors (Lipinski definition) is 1. The number of anilines is 1. The maximum absolute atomic E-state index is 12.3. The van der Waals surface area contributed by atoms with Crippen molar-refractivity contribution < 1.29 is 23.7 Å². The van der Waals surface area contributed by atoms with Crippen LogP contribution in [-0.2, 0) is 4.79 Å². The Labute approximate surface area is 182 Å². The van der Waals surface area contributed by atoms with E-state index in [1.165, 1.54) is 20.0 Å². The summed E-state index contributed by atoms with van der Waals surface area (Å²) < 4.78 is 22.4. The molecule has 0 aromatic heterocycles. The molecular formula is C24H28N2O5. The standard InChI is InChI=1S/C24H28N2O5/c1-28-20-12-10-18(15-23(20)31-19-6-3-4-7-19)26-24(27)8-5-13-30-21-11-9-17(16-25)14-22(21)29-2/h9-12,14-15,19H,3-8,13H2,1-2H3,(H,26,27). The minimum atomic E-state index is -0.104. The lowest BCUT2D eigenvalue weighted by Gasteiger charge is -2.17. The highest BCUT2D eigenvalue weighted by atomic mass is 16.5. The summed E-state index contributed by atoms with van der Waals surface area (Å²) in [5, 5.41) is 11.9. The van der Waals surface area contributed by atoms with Crippen LogP contribution in [0.5, 0.6) is 23.0 Å². The number of ether oxygens (including phenoxy) is 4. The van der Waals surface area contributed by atoms with Crippen LogP contribution in [0.2, 0.25) is 0 Å². The van der Waals surface area contributed by atoms with E-state index in [2.05, 4.69) is 11.4 Å². The second kappa shape index (κ2) is 11.1. The molecule has 0 radical (unpaired) electrons. The Morgan fingerprint density at radius 3 is 2.48 bits per heavy atom. The van der Waals surface area contributed by atoms with Crippen molar-refractivity contribution >= 4 is 11.6 Å². The number of benzene rings is 2. The van der Waals surface area contributed by atoms with Crippen LogP contribution in [0.3, 0.4) is 0 Å². The van der Waals surface area contributed by atoms with Gasteiger partial charge in [0, 0.05) is 24.2 Å². The van der Waals surface area contributed by atoms with Gasteiger partial charge in [0.05, 0.1) is 38.6 Å². The highest BCUT2D eigenvalue weighted by molar-refractivity contribution is 5.91. The summed E-state index contributed by atoms with van der Waals surface area (Å²) in [5.41, 5.74) is 1.17. The fourth-order valence-corrected chi connectivity index (χ4v) is 3.53. The largest absolute Gasteiger partial charge is 0.493 e. The van der Waals surface area contributed by atoms with Gasteiger partial charge in [-0.15, -0.1) is 0 Å². The van der Waals surface area contributed by atoms with Crippen molar-refractivity contribution in [1.82, 2.24) is 0 Å². The molecule has 0 atom stereocenters. The summed E-state index contributed by atoms with van der Waals surface area (Å²) in [6.45, 7) is 0.355. The average Bonchev–Trinajstić information content (AvgIpc) is 3.30. The van der Waals surface area contributed by atoms with Gasteiger partial charge in [0.25, 0.3) is 0 Å². The number of hydrogen-bond acceptors (Lipinski definition) is 6. The van der Waals surface area contributed by atoms with Crippen LogP contribution in [0, 0.1) is 11.3 Å². The lowest BCUT2D eigenvalue weighted by molar-refractivity contribution is -0.116. The maximum Gasteiger partial charge on any atom is 0.224 e. The van der Waals surface area contributed by atoms with Crippen molar-refractivity contribution in [3.63, 3.8) is 0 Å². The van der Waals surface area contributed by atoms with Gasteiger partial charge in [0.1, 0.15) is 0 Å². The number of carbonyl (C=O) groups is 1. The van der Waals surface area contributed by atoms with Gasteiger partial charge in [-0.25, -0.2) is 0 Å². The van der Waals surface area contributed by atoms with E-state index in [0.717, 1.165) is 12.8 Å². The van der Waals surface area contributed by atoms with Crippen LogP contribution < -0.4 is 24.3 Å². The van der Waals surface area contributed by atoms with E-state index in [4.69, 9.17) is 24.2 Å². The van der Waals surface area contributed by atoms with Crippen molar-refractivity contribution in [3.8, 4) is 29.1 Å². The molecule has 1 N–H and O–H groups in total. The first kappa shape index (κ1) is 22.3. The molecule has 1 aliphatic rings. The molecule has 2 aromatic carbocycles. The quantitative estimate of drug-likeness (QED) is 0.556. The zero-order chi connectivity index (χ0) is 22.1. The zero-order valence-corrected chi connectivity index (χ0v) is 18.0. The van der Waals surface area contributed by atoms with Gasteiger partial charge >= 0.3 is 0 Å². The number of rotatable bonds is 10. The second-order valence-electron chi connectivity index (χ2n) is 7.37. The molecule has 0 heterocycles. The Bertz CT molecular complexity index is 932. The lowest BCUT2D eigenvalue weighted by Crippen LogP contribution is -2.14. The van der Waals surface area contributed by atoms with Gasteiger partial charge in [-0.05, 0) is 56.4 Å². The topological polar surface area (TPSA) is 89.8 Å². The van der Waals surface area contributed by atoms with Crippen molar-refractivity contribution in [3.05, 3.63) is 42.0 Å². The van der Waals surface area contributed by atoms with Crippen LogP contribution >= 0.6 is 0 Å². The van der Waals surface area contributed by atoms with E-state index in [0.29, 0.717) is 53.7 Å². The Morgan fingerprint density at radius 1 is 1.03 bits per heavy atom. The Hall–Kier alpha value is -3.40. The number of amides is 1. The molecule has 7 heteroatoms. The summed E-state index contributed by atoms with van der Waals surface area (Å²) in [6, 6.07) is 12.5. The SMILES string of the molecule is COc1cc(C#N)ccc1OCCCC(=O)Nc1ccc(OC)c(OC2CCCC2)c1. The number of methoxy groups -OCH3 is 2. The highest BCUT2D eigenvalue weighted by Crippen LogP contribution is 2.34. The number of nitrogens with one attached hydrogen (secondary N) is 1. The van der Waals surface area contributed by atoms with Crippen LogP contribution in [0.1, 0.15) is 44.1 Å². The minimum Gasteiger partial charge on any atom is -0.493 e. The van der Waals surface area contributed by atoms with E-state index in [1.807, 2.05) is 6.07 Å². The minimum absolute atomic E-state index is 0.104. The van der Waals surface area contributed by atoms with Crippen molar-refractivity contribution in [2.24, 2.45) is 0 Å². The third-order valence-electron chi connectivity index (χ3n) is 5.14. The van der Waals surface area contributed by atoms with E-state index in [9.17, 15) is 4.79 Å². The summed E-state index contributed by atoms with van der Waals surface area (Å²) >= 11 is 0. The molecule has 1 saturated carbocycles. The predicted molar refractivity (Wildman–Crippen MR) is 117 cm³/mol. The van der Waals surface area contributed by atoms with Crippen molar-refractivity contribution in [1.29, 1.82) is 5.26 Å². The van der Waals surface area contributed by atoms with E-state index >= 15 is 0 Å². The fourth-order valence-electron chi connectivity index (χ4n) is 3.53. The van der Waals surface area contributed by atoms with Gasteiger partial charge in [0.2, 0.25) is 5.91 Å². The molecule has 1 fully saturated rings. The third kappa shape index (κ3) is 6.29. The normalized spacial score (nSPS) is 13.3. The molecule has 1 amide bonds. The zero-order valence-electron chi connectivity index (χ0n) is 18.0. The van der Waals surface area contributed by atoms with Crippen molar-refractivity contribution in [2.45, 2.75) is 44.6 Å². The van der Waals surface area contributed by atoms with Gasteiger partial charge in [-0.2, -0.15) is 5.26 Å². The molecule has 0 saturated heterocycles. The summed E-state index contributed by atoms with van der Waals surface area (Å²) in [4.78, 5) is 12.3. The molecular weight excluding hydrogens is 396 g/mol. The molecule has 0 unspecified atom stereocenters. The van der Waals surface area contributed by atoms with E-state index < -0.39 is 0 Å². The molecule has 2 aromatic rings. The van der Waals surface area contributed by atoms with Gasteiger partial charge in [-0.1, -0.05) is 0 Å². The second-order valence-corrected chi connectivity index (χ2v) is 7.37. The number of carbonyl (C=O) groups excluding carboxylic acids is 1. The smallest absolute Gasteiger partial charge is 0.224 e. The monoisotopic (exact) mass is 424 g/mol. The third-order valence-corrected chi connectivity index (χ3v) is 5.14. The van der Waals surface area contributed by atoms with Crippen LogP contribution in [-0.4, -0.2) is 32.8 Å². The molecule has 31 heavy (non-hydrogen) atoms. The molecule has 3 rings (SSSR count). The molecule has 0 spiro atoms. The number of nitriles is 1. The maximum atomic E-state index is 12.3. The highest BCUT2D eigenvalue weighted by Gasteiger charge is 2.19. The van der Waals surface area contributed by atoms with Crippen LogP contribution in [0.25, 0.3) is 0 Å². The summed E-state index contributed by atoms with van der Waals surface area (Å²) in [7, 11) is 3.13. The summed E-state index contributed by atoms with van der Waals surface area (Å²) in [5.74, 6) is 2.26. The first-order chi connectivity index (χ1) is 15.1. The van der Waals surface area contributed by atoms with E-state index in [-0.39, 0.29) is 12.0 Å². The van der Waals surface area contributed by atoms with Crippen molar-refractivity contribution in [2.75, 3.05) is 26.1 Å². The Morgan fingerprint density at radius 2 is 1.77 bits per heavy atom. The first-order valence-electron chi connectivity index (χ1n) is 10.5. The Balaban J connectivity index is 1.49.